The van der Waals surface area contributed by atoms with Crippen molar-refractivity contribution in [3.8, 4) is 11.5 Å². The molecule has 7 nitrogen and oxygen atoms in total. The van der Waals surface area contributed by atoms with Crippen molar-refractivity contribution in [3.63, 3.8) is 0 Å². The van der Waals surface area contributed by atoms with Gasteiger partial charge in [-0.05, 0) is 48.0 Å². The number of aromatic nitrogens is 2. The molecule has 150 valence electrons. The van der Waals surface area contributed by atoms with Crippen LogP contribution in [-0.4, -0.2) is 37.4 Å². The zero-order valence-corrected chi connectivity index (χ0v) is 16.3. The van der Waals surface area contributed by atoms with Crippen molar-refractivity contribution in [3.05, 3.63) is 77.2 Å². The first-order chi connectivity index (χ1) is 14.0. The molecule has 1 atom stereocenters. The van der Waals surface area contributed by atoms with Gasteiger partial charge in [0.2, 0.25) is 0 Å². The smallest absolute Gasteiger partial charge is 0.271 e. The standard InChI is InChI=1S/C21H21FN4O3/c1-23-21(27)17-8-10-19(26-25-17)24-20(13-5-4-6-15(11-13)28-2)16-12-14(22)7-9-18(16)29-3/h4-12,20H,1-3H3,(H,23,27)(H,24,26). The van der Waals surface area contributed by atoms with Crippen LogP contribution in [0, 0.1) is 5.82 Å². The zero-order valence-electron chi connectivity index (χ0n) is 16.3. The minimum absolute atomic E-state index is 0.194. The molecule has 1 heterocycles. The van der Waals surface area contributed by atoms with E-state index >= 15 is 0 Å². The van der Waals surface area contributed by atoms with Crippen molar-refractivity contribution in [2.45, 2.75) is 6.04 Å². The van der Waals surface area contributed by atoms with Gasteiger partial charge in [-0.3, -0.25) is 4.79 Å². The van der Waals surface area contributed by atoms with Crippen LogP contribution in [0.1, 0.15) is 27.7 Å². The second-order valence-electron chi connectivity index (χ2n) is 6.12. The molecule has 2 aromatic carbocycles. The van der Waals surface area contributed by atoms with Crippen LogP contribution in [0.15, 0.2) is 54.6 Å². The number of hydrogen-bond donors (Lipinski definition) is 2. The molecule has 29 heavy (non-hydrogen) atoms. The maximum Gasteiger partial charge on any atom is 0.271 e. The second-order valence-corrected chi connectivity index (χ2v) is 6.12. The molecule has 0 saturated carbocycles. The average Bonchev–Trinajstić information content (AvgIpc) is 2.77. The average molecular weight is 396 g/mol. The van der Waals surface area contributed by atoms with E-state index in [1.807, 2.05) is 24.3 Å². The molecule has 0 spiro atoms. The molecule has 1 aromatic heterocycles. The van der Waals surface area contributed by atoms with E-state index in [0.717, 1.165) is 5.56 Å². The Balaban J connectivity index is 2.03. The van der Waals surface area contributed by atoms with Gasteiger partial charge in [0.15, 0.2) is 5.69 Å². The van der Waals surface area contributed by atoms with E-state index in [2.05, 4.69) is 20.8 Å². The van der Waals surface area contributed by atoms with Crippen LogP contribution < -0.4 is 20.1 Å². The molecule has 0 aliphatic rings. The Bertz CT molecular complexity index is 995. The normalized spacial score (nSPS) is 11.4. The molecule has 0 aliphatic carbocycles. The number of halogens is 1. The first-order valence-electron chi connectivity index (χ1n) is 8.85. The molecule has 0 aliphatic heterocycles. The lowest BCUT2D eigenvalue weighted by atomic mass is 9.97. The van der Waals surface area contributed by atoms with Gasteiger partial charge in [-0.15, -0.1) is 10.2 Å². The summed E-state index contributed by atoms with van der Waals surface area (Å²) in [5.41, 5.74) is 1.59. The Morgan fingerprint density at radius 1 is 1.03 bits per heavy atom. The Kier molecular flexibility index (Phi) is 6.23. The molecule has 0 bridgehead atoms. The maximum atomic E-state index is 14.0. The number of amides is 1. The first kappa shape index (κ1) is 20.1. The molecule has 8 heteroatoms. The van der Waals surface area contributed by atoms with Crippen LogP contribution >= 0.6 is 0 Å². The number of nitrogens with one attached hydrogen (secondary N) is 2. The topological polar surface area (TPSA) is 85.4 Å². The van der Waals surface area contributed by atoms with Gasteiger partial charge in [0, 0.05) is 12.6 Å². The van der Waals surface area contributed by atoms with E-state index in [1.54, 1.807) is 25.3 Å². The quantitative estimate of drug-likeness (QED) is 0.638. The van der Waals surface area contributed by atoms with Crippen LogP contribution in [-0.2, 0) is 0 Å². The Hall–Kier alpha value is -3.68. The predicted molar refractivity (Wildman–Crippen MR) is 107 cm³/mol. The molecule has 0 radical (unpaired) electrons. The van der Waals surface area contributed by atoms with Crippen LogP contribution in [0.25, 0.3) is 0 Å². The highest BCUT2D eigenvalue weighted by Crippen LogP contribution is 2.34. The summed E-state index contributed by atoms with van der Waals surface area (Å²) < 4.78 is 24.8. The number of carbonyl (C=O) groups excluding carboxylic acids is 1. The Morgan fingerprint density at radius 3 is 2.52 bits per heavy atom. The van der Waals surface area contributed by atoms with Gasteiger partial charge in [-0.1, -0.05) is 12.1 Å². The summed E-state index contributed by atoms with van der Waals surface area (Å²) in [7, 11) is 4.62. The summed E-state index contributed by atoms with van der Waals surface area (Å²) in [5.74, 6) is 0.862. The van der Waals surface area contributed by atoms with Gasteiger partial charge in [0.1, 0.15) is 23.1 Å². The van der Waals surface area contributed by atoms with Gasteiger partial charge in [-0.2, -0.15) is 0 Å². The molecular weight excluding hydrogens is 375 g/mol. The highest BCUT2D eigenvalue weighted by atomic mass is 19.1. The fourth-order valence-corrected chi connectivity index (χ4v) is 2.90. The van der Waals surface area contributed by atoms with Crippen molar-refractivity contribution in [1.29, 1.82) is 0 Å². The summed E-state index contributed by atoms with van der Waals surface area (Å²) in [6.45, 7) is 0. The number of ether oxygens (including phenoxy) is 2. The number of rotatable bonds is 7. The predicted octanol–water partition coefficient (Wildman–Crippen LogP) is 3.19. The van der Waals surface area contributed by atoms with E-state index < -0.39 is 11.9 Å². The number of carbonyl (C=O) groups is 1. The van der Waals surface area contributed by atoms with E-state index in [9.17, 15) is 9.18 Å². The first-order valence-corrected chi connectivity index (χ1v) is 8.85. The lowest BCUT2D eigenvalue weighted by Gasteiger charge is -2.22. The summed E-state index contributed by atoms with van der Waals surface area (Å²) in [6.07, 6.45) is 0. The minimum Gasteiger partial charge on any atom is -0.497 e. The third-order valence-electron chi connectivity index (χ3n) is 4.35. The van der Waals surface area contributed by atoms with Crippen LogP contribution in [0.2, 0.25) is 0 Å². The fourth-order valence-electron chi connectivity index (χ4n) is 2.90. The number of nitrogens with zero attached hydrogens (tertiary/aromatic N) is 2. The van der Waals surface area contributed by atoms with E-state index in [0.29, 0.717) is 22.9 Å². The van der Waals surface area contributed by atoms with Crippen LogP contribution in [0.5, 0.6) is 11.5 Å². The molecule has 0 fully saturated rings. The van der Waals surface area contributed by atoms with Gasteiger partial charge >= 0.3 is 0 Å². The van der Waals surface area contributed by atoms with Gasteiger partial charge in [-0.25, -0.2) is 4.39 Å². The van der Waals surface area contributed by atoms with Crippen molar-refractivity contribution in [2.75, 3.05) is 26.6 Å². The van der Waals surface area contributed by atoms with Crippen molar-refractivity contribution in [1.82, 2.24) is 15.5 Å². The highest BCUT2D eigenvalue weighted by Gasteiger charge is 2.21. The number of hydrogen-bond acceptors (Lipinski definition) is 6. The van der Waals surface area contributed by atoms with E-state index in [-0.39, 0.29) is 11.6 Å². The van der Waals surface area contributed by atoms with Gasteiger partial charge < -0.3 is 20.1 Å². The molecule has 3 rings (SSSR count). The summed E-state index contributed by atoms with van der Waals surface area (Å²) in [5, 5.41) is 13.7. The third kappa shape index (κ3) is 4.60. The molecule has 1 unspecified atom stereocenters. The van der Waals surface area contributed by atoms with Crippen LogP contribution in [0.4, 0.5) is 10.2 Å². The fraction of sp³-hybridized carbons (Fsp3) is 0.190. The Labute approximate surface area is 167 Å². The van der Waals surface area contributed by atoms with Gasteiger partial charge in [0.25, 0.3) is 5.91 Å². The number of methoxy groups -OCH3 is 2. The molecule has 0 saturated heterocycles. The lowest BCUT2D eigenvalue weighted by Crippen LogP contribution is -2.20. The van der Waals surface area contributed by atoms with E-state index in [1.165, 1.54) is 26.3 Å². The molecular formula is C21H21FN4O3. The van der Waals surface area contributed by atoms with Crippen molar-refractivity contribution < 1.29 is 18.7 Å². The molecule has 2 N–H and O–H groups in total. The largest absolute Gasteiger partial charge is 0.497 e. The minimum atomic E-state index is -0.504. The SMILES string of the molecule is CNC(=O)c1ccc(NC(c2cccc(OC)c2)c2cc(F)ccc2OC)nn1. The molecule has 1 amide bonds. The zero-order chi connectivity index (χ0) is 20.8. The maximum absolute atomic E-state index is 14.0. The summed E-state index contributed by atoms with van der Waals surface area (Å²) in [6, 6.07) is 14.4. The second kappa shape index (κ2) is 9.01. The summed E-state index contributed by atoms with van der Waals surface area (Å²) >= 11 is 0. The van der Waals surface area contributed by atoms with E-state index in [4.69, 9.17) is 9.47 Å². The van der Waals surface area contributed by atoms with Crippen molar-refractivity contribution >= 4 is 11.7 Å². The van der Waals surface area contributed by atoms with Gasteiger partial charge in [0.05, 0.1) is 20.3 Å². The Morgan fingerprint density at radius 2 is 1.86 bits per heavy atom. The monoisotopic (exact) mass is 396 g/mol. The lowest BCUT2D eigenvalue weighted by molar-refractivity contribution is 0.0957. The van der Waals surface area contributed by atoms with Crippen LogP contribution in [0.3, 0.4) is 0 Å². The summed E-state index contributed by atoms with van der Waals surface area (Å²) in [4.78, 5) is 11.7. The number of benzene rings is 2. The molecule has 3 aromatic rings. The van der Waals surface area contributed by atoms with Crippen molar-refractivity contribution in [2.24, 2.45) is 0 Å². The number of anilines is 1. The third-order valence-corrected chi connectivity index (χ3v) is 4.35. The highest BCUT2D eigenvalue weighted by molar-refractivity contribution is 5.91.